The molecule has 2 amide bonds. The van der Waals surface area contributed by atoms with Gasteiger partial charge in [-0.2, -0.15) is 0 Å². The van der Waals surface area contributed by atoms with E-state index in [0.717, 1.165) is 11.1 Å². The number of aliphatic hydroxyl groups is 1. The molecule has 0 bridgehead atoms. The lowest BCUT2D eigenvalue weighted by Crippen LogP contribution is -2.28. The molecular formula is C19H24N2O4. The fraction of sp³-hybridized carbons (Fsp3) is 0.316. The number of hydrogen-bond acceptors (Lipinski definition) is 4. The molecule has 0 saturated heterocycles. The molecule has 6 heteroatoms. The Bertz CT molecular complexity index is 721. The summed E-state index contributed by atoms with van der Waals surface area (Å²) in [5.41, 5.74) is 1.49. The van der Waals surface area contributed by atoms with Gasteiger partial charge in [0.15, 0.2) is 11.5 Å². The zero-order valence-corrected chi connectivity index (χ0v) is 14.9. The topological polar surface area (TPSA) is 79.8 Å². The van der Waals surface area contributed by atoms with E-state index in [-0.39, 0.29) is 6.03 Å². The Morgan fingerprint density at radius 3 is 2.24 bits per heavy atom. The predicted molar refractivity (Wildman–Crippen MR) is 97.1 cm³/mol. The van der Waals surface area contributed by atoms with Gasteiger partial charge < -0.3 is 25.2 Å². The van der Waals surface area contributed by atoms with E-state index in [0.29, 0.717) is 23.7 Å². The number of benzene rings is 2. The average Bonchev–Trinajstić information content (AvgIpc) is 2.59. The summed E-state index contributed by atoms with van der Waals surface area (Å²) in [7, 11) is 3.10. The van der Waals surface area contributed by atoms with Crippen molar-refractivity contribution in [3.05, 3.63) is 53.6 Å². The van der Waals surface area contributed by atoms with Gasteiger partial charge in [0, 0.05) is 18.3 Å². The normalized spacial score (nSPS) is 10.9. The molecule has 2 rings (SSSR count). The quantitative estimate of drug-likeness (QED) is 0.751. The number of carbonyl (C=O) groups is 1. The summed E-state index contributed by atoms with van der Waals surface area (Å²) in [6.45, 7) is 3.85. The highest BCUT2D eigenvalue weighted by Gasteiger charge is 2.15. The van der Waals surface area contributed by atoms with Crippen LogP contribution in [0, 0.1) is 0 Å². The number of rotatable bonds is 6. The monoisotopic (exact) mass is 344 g/mol. The number of hydrogen-bond donors (Lipinski definition) is 3. The SMILES string of the molecule is COc1ccc(NC(=O)NCc2ccc(C(C)(C)O)cc2)cc1OC. The summed E-state index contributed by atoms with van der Waals surface area (Å²) in [6, 6.07) is 12.3. The molecule has 0 spiro atoms. The predicted octanol–water partition coefficient (Wildman–Crippen LogP) is 3.25. The Hall–Kier alpha value is -2.73. The Kier molecular flexibility index (Phi) is 5.88. The molecule has 25 heavy (non-hydrogen) atoms. The first-order chi connectivity index (χ1) is 11.8. The number of anilines is 1. The van der Waals surface area contributed by atoms with Gasteiger partial charge in [0.2, 0.25) is 0 Å². The highest BCUT2D eigenvalue weighted by Crippen LogP contribution is 2.29. The lowest BCUT2D eigenvalue weighted by Gasteiger charge is -2.18. The molecule has 3 N–H and O–H groups in total. The van der Waals surface area contributed by atoms with Crippen LogP contribution in [0.3, 0.4) is 0 Å². The molecule has 2 aromatic carbocycles. The van der Waals surface area contributed by atoms with Gasteiger partial charge in [0.1, 0.15) is 0 Å². The molecule has 0 aliphatic rings. The van der Waals surface area contributed by atoms with Crippen molar-refractivity contribution in [1.82, 2.24) is 5.32 Å². The maximum atomic E-state index is 12.0. The lowest BCUT2D eigenvalue weighted by atomic mass is 9.97. The van der Waals surface area contributed by atoms with Crippen LogP contribution in [-0.2, 0) is 12.1 Å². The first kappa shape index (κ1) is 18.6. The number of nitrogens with one attached hydrogen (secondary N) is 2. The minimum atomic E-state index is -0.878. The van der Waals surface area contributed by atoms with E-state index >= 15 is 0 Å². The van der Waals surface area contributed by atoms with Crippen LogP contribution in [0.25, 0.3) is 0 Å². The van der Waals surface area contributed by atoms with Crippen LogP contribution in [0.4, 0.5) is 10.5 Å². The molecule has 0 fully saturated rings. The van der Waals surface area contributed by atoms with E-state index in [1.165, 1.54) is 0 Å². The molecule has 0 aliphatic carbocycles. The third-order valence-corrected chi connectivity index (χ3v) is 3.75. The van der Waals surface area contributed by atoms with E-state index < -0.39 is 5.60 Å². The van der Waals surface area contributed by atoms with Crippen molar-refractivity contribution in [2.24, 2.45) is 0 Å². The molecule has 0 heterocycles. The largest absolute Gasteiger partial charge is 0.493 e. The maximum absolute atomic E-state index is 12.0. The van der Waals surface area contributed by atoms with Crippen LogP contribution < -0.4 is 20.1 Å². The summed E-state index contributed by atoms with van der Waals surface area (Å²) in [6.07, 6.45) is 0. The summed E-state index contributed by atoms with van der Waals surface area (Å²) < 4.78 is 10.4. The highest BCUT2D eigenvalue weighted by atomic mass is 16.5. The van der Waals surface area contributed by atoms with Crippen molar-refractivity contribution < 1.29 is 19.4 Å². The number of amides is 2. The van der Waals surface area contributed by atoms with Crippen LogP contribution in [0.15, 0.2) is 42.5 Å². The molecule has 0 radical (unpaired) electrons. The maximum Gasteiger partial charge on any atom is 0.319 e. The van der Waals surface area contributed by atoms with Crippen LogP contribution >= 0.6 is 0 Å². The van der Waals surface area contributed by atoms with Crippen molar-refractivity contribution in [2.45, 2.75) is 26.0 Å². The van der Waals surface area contributed by atoms with Crippen LogP contribution in [-0.4, -0.2) is 25.4 Å². The second-order valence-corrected chi connectivity index (χ2v) is 6.13. The molecule has 134 valence electrons. The van der Waals surface area contributed by atoms with Crippen LogP contribution in [0.1, 0.15) is 25.0 Å². The van der Waals surface area contributed by atoms with Gasteiger partial charge in [-0.25, -0.2) is 4.79 Å². The van der Waals surface area contributed by atoms with Gasteiger partial charge in [-0.1, -0.05) is 24.3 Å². The van der Waals surface area contributed by atoms with E-state index in [1.54, 1.807) is 46.3 Å². The average molecular weight is 344 g/mol. The zero-order valence-electron chi connectivity index (χ0n) is 14.9. The minimum Gasteiger partial charge on any atom is -0.493 e. The number of ether oxygens (including phenoxy) is 2. The van der Waals surface area contributed by atoms with Crippen LogP contribution in [0.5, 0.6) is 11.5 Å². The van der Waals surface area contributed by atoms with Crippen molar-refractivity contribution in [3.8, 4) is 11.5 Å². The number of carbonyl (C=O) groups excluding carboxylic acids is 1. The smallest absolute Gasteiger partial charge is 0.319 e. The molecule has 0 saturated carbocycles. The third-order valence-electron chi connectivity index (χ3n) is 3.75. The lowest BCUT2D eigenvalue weighted by molar-refractivity contribution is 0.0786. The summed E-state index contributed by atoms with van der Waals surface area (Å²) in [4.78, 5) is 12.0. The zero-order chi connectivity index (χ0) is 18.4. The van der Waals surface area contributed by atoms with E-state index in [4.69, 9.17) is 9.47 Å². The Labute approximate surface area is 147 Å². The first-order valence-corrected chi connectivity index (χ1v) is 7.92. The van der Waals surface area contributed by atoms with Crippen molar-refractivity contribution in [3.63, 3.8) is 0 Å². The molecule has 0 unspecified atom stereocenters. The van der Waals surface area contributed by atoms with E-state index in [2.05, 4.69) is 10.6 Å². The fourth-order valence-corrected chi connectivity index (χ4v) is 2.30. The minimum absolute atomic E-state index is 0.321. The fourth-order valence-electron chi connectivity index (χ4n) is 2.30. The molecule has 0 aliphatic heterocycles. The summed E-state index contributed by atoms with van der Waals surface area (Å²) >= 11 is 0. The van der Waals surface area contributed by atoms with Crippen LogP contribution in [0.2, 0.25) is 0 Å². The van der Waals surface area contributed by atoms with Crippen molar-refractivity contribution >= 4 is 11.7 Å². The third kappa shape index (κ3) is 5.12. The van der Waals surface area contributed by atoms with Gasteiger partial charge >= 0.3 is 6.03 Å². The first-order valence-electron chi connectivity index (χ1n) is 7.92. The highest BCUT2D eigenvalue weighted by molar-refractivity contribution is 5.89. The van der Waals surface area contributed by atoms with Crippen molar-refractivity contribution in [2.75, 3.05) is 19.5 Å². The summed E-state index contributed by atoms with van der Waals surface area (Å²) in [5, 5.41) is 15.5. The molecule has 0 aromatic heterocycles. The van der Waals surface area contributed by atoms with E-state index in [1.807, 2.05) is 24.3 Å². The molecule has 0 atom stereocenters. The van der Waals surface area contributed by atoms with Crippen molar-refractivity contribution in [1.29, 1.82) is 0 Å². The molecular weight excluding hydrogens is 320 g/mol. The Morgan fingerprint density at radius 2 is 1.68 bits per heavy atom. The Balaban J connectivity index is 1.92. The second kappa shape index (κ2) is 7.90. The standard InChI is InChI=1S/C19H24N2O4/c1-19(2,23)14-7-5-13(6-8-14)12-20-18(22)21-15-9-10-16(24-3)17(11-15)25-4/h5-11,23H,12H2,1-4H3,(H2,20,21,22). The van der Waals surface area contributed by atoms with Gasteiger partial charge in [-0.3, -0.25) is 0 Å². The van der Waals surface area contributed by atoms with Gasteiger partial charge in [0.05, 0.1) is 19.8 Å². The number of urea groups is 1. The summed E-state index contributed by atoms with van der Waals surface area (Å²) in [5.74, 6) is 1.14. The van der Waals surface area contributed by atoms with E-state index in [9.17, 15) is 9.90 Å². The Morgan fingerprint density at radius 1 is 1.04 bits per heavy atom. The van der Waals surface area contributed by atoms with Gasteiger partial charge in [-0.15, -0.1) is 0 Å². The number of methoxy groups -OCH3 is 2. The van der Waals surface area contributed by atoms with Gasteiger partial charge in [-0.05, 0) is 37.1 Å². The van der Waals surface area contributed by atoms with Gasteiger partial charge in [0.25, 0.3) is 0 Å². The molecule has 6 nitrogen and oxygen atoms in total. The molecule has 2 aromatic rings. The second-order valence-electron chi connectivity index (χ2n) is 6.13.